The van der Waals surface area contributed by atoms with Crippen LogP contribution in [-0.2, 0) is 0 Å². The van der Waals surface area contributed by atoms with Crippen LogP contribution in [-0.4, -0.2) is 17.3 Å². The predicted molar refractivity (Wildman–Crippen MR) is 94.5 cm³/mol. The van der Waals surface area contributed by atoms with E-state index in [1.165, 1.54) is 16.2 Å². The van der Waals surface area contributed by atoms with Gasteiger partial charge in [-0.3, -0.25) is 0 Å². The number of hydrogen-bond acceptors (Lipinski definition) is 4. The second-order valence-corrected chi connectivity index (χ2v) is 7.56. The Morgan fingerprint density at radius 3 is 2.24 bits per heavy atom. The van der Waals surface area contributed by atoms with Gasteiger partial charge in [-0.25, -0.2) is 4.98 Å². The molecule has 1 aromatic heterocycles. The molecule has 1 N–H and O–H groups in total. The smallest absolute Gasteiger partial charge is 0.114 e. The number of hydrogen-bond donors (Lipinski definition) is 1. The average molecular weight is 321 g/mol. The number of nitrogens with one attached hydrogen (secondary N) is 1. The Morgan fingerprint density at radius 2 is 1.76 bits per heavy atom. The van der Waals surface area contributed by atoms with Crippen LogP contribution in [0, 0.1) is 0 Å². The molecule has 2 aromatic rings. The van der Waals surface area contributed by atoms with Crippen LogP contribution in [0.5, 0.6) is 0 Å². The van der Waals surface area contributed by atoms with Gasteiger partial charge in [0.15, 0.2) is 0 Å². The molecule has 0 aliphatic heterocycles. The zero-order valence-corrected chi connectivity index (χ0v) is 15.0. The van der Waals surface area contributed by atoms with Gasteiger partial charge in [-0.05, 0) is 43.7 Å². The lowest BCUT2D eigenvalue weighted by Crippen LogP contribution is -2.28. The van der Waals surface area contributed by atoms with Crippen LogP contribution in [0.15, 0.2) is 34.5 Å². The first kappa shape index (κ1) is 16.5. The molecule has 0 fully saturated rings. The highest BCUT2D eigenvalue weighted by molar-refractivity contribution is 7.98. The predicted octanol–water partition coefficient (Wildman–Crippen LogP) is 5.08. The van der Waals surface area contributed by atoms with Crippen molar-refractivity contribution >= 4 is 23.1 Å². The third kappa shape index (κ3) is 4.31. The Hall–Kier alpha value is -0.840. The molecule has 0 spiro atoms. The molecule has 0 radical (unpaired) electrons. The van der Waals surface area contributed by atoms with E-state index in [0.29, 0.717) is 12.0 Å². The fourth-order valence-corrected chi connectivity index (χ4v) is 3.61. The van der Waals surface area contributed by atoms with Gasteiger partial charge in [-0.15, -0.1) is 23.1 Å². The fourth-order valence-electron chi connectivity index (χ4n) is 2.14. The topological polar surface area (TPSA) is 24.9 Å². The summed E-state index contributed by atoms with van der Waals surface area (Å²) < 4.78 is 0. The highest BCUT2D eigenvalue weighted by Gasteiger charge is 2.19. The van der Waals surface area contributed by atoms with Gasteiger partial charge in [0.2, 0.25) is 0 Å². The van der Waals surface area contributed by atoms with Crippen LogP contribution in [0.1, 0.15) is 55.9 Å². The lowest BCUT2D eigenvalue weighted by molar-refractivity contribution is 0.525. The van der Waals surface area contributed by atoms with Gasteiger partial charge >= 0.3 is 0 Å². The van der Waals surface area contributed by atoms with E-state index in [4.69, 9.17) is 4.98 Å². The molecule has 2 rings (SSSR count). The Labute approximate surface area is 136 Å². The minimum Gasteiger partial charge on any atom is -0.302 e. The molecule has 1 aromatic carbocycles. The maximum atomic E-state index is 4.83. The summed E-state index contributed by atoms with van der Waals surface area (Å²) in [6, 6.07) is 9.39. The van der Waals surface area contributed by atoms with Crippen LogP contribution in [0.4, 0.5) is 0 Å². The third-order valence-corrected chi connectivity index (χ3v) is 5.00. The number of nitrogens with zero attached hydrogens (tertiary/aromatic N) is 1. The molecule has 2 nitrogen and oxygen atoms in total. The van der Waals surface area contributed by atoms with Crippen LogP contribution in [0.3, 0.4) is 0 Å². The highest BCUT2D eigenvalue weighted by Crippen LogP contribution is 2.29. The maximum absolute atomic E-state index is 4.83. The summed E-state index contributed by atoms with van der Waals surface area (Å²) >= 11 is 3.53. The van der Waals surface area contributed by atoms with Crippen LogP contribution < -0.4 is 5.32 Å². The fraction of sp³-hybridized carbons (Fsp3) is 0.471. The van der Waals surface area contributed by atoms with E-state index >= 15 is 0 Å². The molecule has 21 heavy (non-hydrogen) atoms. The summed E-state index contributed by atoms with van der Waals surface area (Å²) in [6.07, 6.45) is 2.11. The van der Waals surface area contributed by atoms with Gasteiger partial charge in [-0.1, -0.05) is 26.0 Å². The average Bonchev–Trinajstić information content (AvgIpc) is 2.94. The van der Waals surface area contributed by atoms with Crippen molar-refractivity contribution in [3.05, 3.63) is 45.9 Å². The second kappa shape index (κ2) is 7.43. The monoisotopic (exact) mass is 320 g/mol. The van der Waals surface area contributed by atoms with E-state index in [1.807, 2.05) is 0 Å². The Morgan fingerprint density at radius 1 is 1.10 bits per heavy atom. The van der Waals surface area contributed by atoms with Crippen molar-refractivity contribution in [2.24, 2.45) is 0 Å². The van der Waals surface area contributed by atoms with Gasteiger partial charge in [0.05, 0.1) is 11.7 Å². The summed E-state index contributed by atoms with van der Waals surface area (Å²) in [5, 5.41) is 6.99. The molecule has 1 heterocycles. The Balaban J connectivity index is 2.31. The van der Waals surface area contributed by atoms with E-state index in [0.717, 1.165) is 5.01 Å². The van der Waals surface area contributed by atoms with Crippen molar-refractivity contribution in [3.8, 4) is 0 Å². The Kier molecular flexibility index (Phi) is 5.85. The lowest BCUT2D eigenvalue weighted by atomic mass is 10.1. The second-order valence-electron chi connectivity index (χ2n) is 5.79. The molecule has 114 valence electrons. The standard InChI is InChI=1S/C17H24N2S2/c1-11(2)15-10-21-17(19-15)16(18-12(3)4)13-6-8-14(20-5)9-7-13/h6-12,16,18H,1-5H3. The number of thiazole rings is 1. The minimum absolute atomic E-state index is 0.179. The molecule has 0 aliphatic carbocycles. The summed E-state index contributed by atoms with van der Waals surface area (Å²) in [6.45, 7) is 8.74. The quantitative estimate of drug-likeness (QED) is 0.752. The molecule has 0 saturated carbocycles. The molecule has 0 amide bonds. The molecule has 0 aliphatic rings. The van der Waals surface area contributed by atoms with Gasteiger partial charge in [0, 0.05) is 16.3 Å². The summed E-state index contributed by atoms with van der Waals surface area (Å²) in [5.74, 6) is 0.480. The first-order valence-corrected chi connectivity index (χ1v) is 9.47. The van der Waals surface area contributed by atoms with E-state index in [2.05, 4.69) is 68.9 Å². The third-order valence-electron chi connectivity index (χ3n) is 3.33. The molecule has 4 heteroatoms. The van der Waals surface area contributed by atoms with E-state index < -0.39 is 0 Å². The number of rotatable bonds is 6. The highest BCUT2D eigenvalue weighted by atomic mass is 32.2. The largest absolute Gasteiger partial charge is 0.302 e. The van der Waals surface area contributed by atoms with Crippen molar-refractivity contribution < 1.29 is 0 Å². The Bertz CT molecular complexity index is 558. The molecular formula is C17H24N2S2. The van der Waals surface area contributed by atoms with Gasteiger partial charge < -0.3 is 5.32 Å². The van der Waals surface area contributed by atoms with Crippen LogP contribution >= 0.6 is 23.1 Å². The zero-order chi connectivity index (χ0) is 15.4. The first-order valence-electron chi connectivity index (χ1n) is 7.36. The number of thioether (sulfide) groups is 1. The zero-order valence-electron chi connectivity index (χ0n) is 13.4. The summed E-state index contributed by atoms with van der Waals surface area (Å²) in [7, 11) is 0. The van der Waals surface area contributed by atoms with Gasteiger partial charge in [-0.2, -0.15) is 0 Å². The molecule has 1 unspecified atom stereocenters. The van der Waals surface area contributed by atoms with Crippen molar-refractivity contribution in [2.45, 2.75) is 50.6 Å². The van der Waals surface area contributed by atoms with Crippen LogP contribution in [0.25, 0.3) is 0 Å². The van der Waals surface area contributed by atoms with Gasteiger partial charge in [0.25, 0.3) is 0 Å². The first-order chi connectivity index (χ1) is 10.0. The maximum Gasteiger partial charge on any atom is 0.114 e. The van der Waals surface area contributed by atoms with E-state index in [-0.39, 0.29) is 6.04 Å². The normalized spacial score (nSPS) is 13.1. The summed E-state index contributed by atoms with van der Waals surface area (Å²) in [5.41, 5.74) is 2.47. The van der Waals surface area contributed by atoms with Crippen molar-refractivity contribution in [2.75, 3.05) is 6.26 Å². The number of benzene rings is 1. The van der Waals surface area contributed by atoms with E-state index in [1.54, 1.807) is 23.1 Å². The van der Waals surface area contributed by atoms with Crippen molar-refractivity contribution in [3.63, 3.8) is 0 Å². The number of aromatic nitrogens is 1. The lowest BCUT2D eigenvalue weighted by Gasteiger charge is -2.20. The summed E-state index contributed by atoms with van der Waals surface area (Å²) in [4.78, 5) is 6.13. The SMILES string of the molecule is CSc1ccc(C(NC(C)C)c2nc(C(C)C)cs2)cc1. The molecule has 1 atom stereocenters. The van der Waals surface area contributed by atoms with E-state index in [9.17, 15) is 0 Å². The molecular weight excluding hydrogens is 296 g/mol. The molecule has 0 bridgehead atoms. The molecule has 0 saturated heterocycles. The van der Waals surface area contributed by atoms with Crippen LogP contribution in [0.2, 0.25) is 0 Å². The van der Waals surface area contributed by atoms with Crippen molar-refractivity contribution in [1.29, 1.82) is 0 Å². The van der Waals surface area contributed by atoms with Gasteiger partial charge in [0.1, 0.15) is 5.01 Å². The van der Waals surface area contributed by atoms with Crippen molar-refractivity contribution in [1.82, 2.24) is 10.3 Å². The minimum atomic E-state index is 0.179.